The third-order valence-corrected chi connectivity index (χ3v) is 7.20. The maximum Gasteiger partial charge on any atom is 0.220 e. The molecule has 1 amide bonds. The second-order valence-electron chi connectivity index (χ2n) is 9.79. The number of carbonyl (C=O) groups excluding carboxylic acids is 3. The summed E-state index contributed by atoms with van der Waals surface area (Å²) in [6, 6.07) is 0. The molecule has 0 aromatic carbocycles. The Bertz CT molecular complexity index is 741. The maximum atomic E-state index is 13.1. The summed E-state index contributed by atoms with van der Waals surface area (Å²) in [5, 5.41) is 13.8. The Kier molecular flexibility index (Phi) is 12.0. The number of allylic oxidation sites excluding steroid dienone is 1. The van der Waals surface area contributed by atoms with Crippen molar-refractivity contribution in [3.63, 3.8) is 0 Å². The predicted octanol–water partition coefficient (Wildman–Crippen LogP) is 4.73. The van der Waals surface area contributed by atoms with Crippen molar-refractivity contribution in [3.8, 4) is 0 Å². The van der Waals surface area contributed by atoms with Gasteiger partial charge in [-0.15, -0.1) is 0 Å². The van der Waals surface area contributed by atoms with E-state index >= 15 is 0 Å². The number of Topliss-reactive ketones (excluding diaryl/α,β-unsaturated/α-hetero) is 2. The molecule has 6 nitrogen and oxygen atoms in total. The number of ketones is 2. The van der Waals surface area contributed by atoms with Crippen molar-refractivity contribution in [1.82, 2.24) is 5.32 Å². The SMILES string of the molecule is CCCCC[C@@H](C/C=C/CCC(=O)NC/C(=C\Cl)[C@H]1C(=O)C(C)(C)C(=O)[C@@H](C)[C@@]1(C)O)OC. The lowest BCUT2D eigenvalue weighted by Crippen LogP contribution is -2.61. The zero-order valence-electron chi connectivity index (χ0n) is 21.1. The van der Waals surface area contributed by atoms with Crippen LogP contribution in [0.1, 0.15) is 79.6 Å². The molecule has 1 aliphatic carbocycles. The van der Waals surface area contributed by atoms with E-state index in [1.807, 2.05) is 6.08 Å². The van der Waals surface area contributed by atoms with Gasteiger partial charge in [-0.1, -0.05) is 56.9 Å². The van der Waals surface area contributed by atoms with E-state index in [2.05, 4.69) is 18.3 Å². The number of halogens is 1. The lowest BCUT2D eigenvalue weighted by atomic mass is 9.57. The van der Waals surface area contributed by atoms with E-state index in [0.29, 0.717) is 18.4 Å². The first kappa shape index (κ1) is 29.5. The Morgan fingerprint density at radius 1 is 1.21 bits per heavy atom. The summed E-state index contributed by atoms with van der Waals surface area (Å²) in [4.78, 5) is 38.0. The Hall–Kier alpha value is -1.50. The standard InChI is InChI=1S/C26H42ClNO5/c1-7-8-10-13-20(33-6)14-11-9-12-15-21(29)28-17-19(16-27)22-24(31)25(3,4)23(30)18(2)26(22,5)32/h9,11,16,18,20,22,32H,7-8,10,12-15,17H2,1-6H3,(H,28,29)/b11-9+,19-16+/t18-,20+,22+,26-/m1/s1. The van der Waals surface area contributed by atoms with E-state index in [1.54, 1.807) is 27.9 Å². The maximum absolute atomic E-state index is 13.1. The van der Waals surface area contributed by atoms with Gasteiger partial charge < -0.3 is 15.2 Å². The molecule has 0 unspecified atom stereocenters. The largest absolute Gasteiger partial charge is 0.388 e. The van der Waals surface area contributed by atoms with Crippen molar-refractivity contribution in [2.45, 2.75) is 91.3 Å². The molecule has 0 aromatic heterocycles. The lowest BCUT2D eigenvalue weighted by Gasteiger charge is -2.47. The average Bonchev–Trinajstić information content (AvgIpc) is 2.77. The van der Waals surface area contributed by atoms with Gasteiger partial charge in [-0.3, -0.25) is 14.4 Å². The van der Waals surface area contributed by atoms with Crippen molar-refractivity contribution >= 4 is 29.1 Å². The molecule has 188 valence electrons. The van der Waals surface area contributed by atoms with Crippen molar-refractivity contribution in [2.24, 2.45) is 17.3 Å². The fourth-order valence-electron chi connectivity index (χ4n) is 4.37. The van der Waals surface area contributed by atoms with Crippen molar-refractivity contribution < 1.29 is 24.2 Å². The highest BCUT2D eigenvalue weighted by atomic mass is 35.5. The third-order valence-electron chi connectivity index (χ3n) is 6.92. The van der Waals surface area contributed by atoms with Gasteiger partial charge in [0.15, 0.2) is 11.6 Å². The minimum atomic E-state index is -1.58. The van der Waals surface area contributed by atoms with Crippen LogP contribution in [-0.2, 0) is 19.1 Å². The van der Waals surface area contributed by atoms with E-state index in [1.165, 1.54) is 25.3 Å². The highest BCUT2D eigenvalue weighted by Crippen LogP contribution is 2.45. The molecular weight excluding hydrogens is 442 g/mol. The minimum Gasteiger partial charge on any atom is -0.388 e. The normalized spacial score (nSPS) is 26.6. The van der Waals surface area contributed by atoms with E-state index in [-0.39, 0.29) is 30.1 Å². The van der Waals surface area contributed by atoms with Crippen LogP contribution in [0.25, 0.3) is 0 Å². The lowest BCUT2D eigenvalue weighted by molar-refractivity contribution is -0.164. The molecule has 0 aliphatic heterocycles. The Balaban J connectivity index is 2.60. The number of nitrogens with one attached hydrogen (secondary N) is 1. The van der Waals surface area contributed by atoms with Crippen LogP contribution in [0.2, 0.25) is 0 Å². The van der Waals surface area contributed by atoms with Gasteiger partial charge in [0.25, 0.3) is 0 Å². The summed E-state index contributed by atoms with van der Waals surface area (Å²) >= 11 is 6.00. The summed E-state index contributed by atoms with van der Waals surface area (Å²) < 4.78 is 5.50. The Labute approximate surface area is 204 Å². The number of amides is 1. The number of ether oxygens (including phenoxy) is 1. The quantitative estimate of drug-likeness (QED) is 0.224. The Morgan fingerprint density at radius 3 is 2.45 bits per heavy atom. The van der Waals surface area contributed by atoms with Gasteiger partial charge in [0.1, 0.15) is 0 Å². The number of hydrogen-bond donors (Lipinski definition) is 2. The van der Waals surface area contributed by atoms with E-state index in [0.717, 1.165) is 19.3 Å². The number of rotatable bonds is 13. The van der Waals surface area contributed by atoms with Crippen LogP contribution in [0.15, 0.2) is 23.3 Å². The number of aliphatic hydroxyl groups is 1. The van der Waals surface area contributed by atoms with Gasteiger partial charge in [-0.05, 0) is 45.6 Å². The molecule has 33 heavy (non-hydrogen) atoms. The predicted molar refractivity (Wildman–Crippen MR) is 132 cm³/mol. The highest BCUT2D eigenvalue weighted by molar-refractivity contribution is 6.26. The van der Waals surface area contributed by atoms with Gasteiger partial charge >= 0.3 is 0 Å². The molecule has 1 aliphatic rings. The van der Waals surface area contributed by atoms with Crippen molar-refractivity contribution in [1.29, 1.82) is 0 Å². The summed E-state index contributed by atoms with van der Waals surface area (Å²) in [5.74, 6) is -2.55. The molecular formula is C26H42ClNO5. The summed E-state index contributed by atoms with van der Waals surface area (Å²) in [6.45, 7) is 8.47. The van der Waals surface area contributed by atoms with Crippen LogP contribution in [0, 0.1) is 17.3 Å². The molecule has 1 saturated carbocycles. The molecule has 1 rings (SSSR count). The molecule has 0 saturated heterocycles. The van der Waals surface area contributed by atoms with Crippen LogP contribution in [0.4, 0.5) is 0 Å². The summed E-state index contributed by atoms with van der Waals surface area (Å²) in [7, 11) is 1.73. The molecule has 0 bridgehead atoms. The monoisotopic (exact) mass is 483 g/mol. The molecule has 0 heterocycles. The number of hydrogen-bond acceptors (Lipinski definition) is 5. The Morgan fingerprint density at radius 2 is 1.88 bits per heavy atom. The molecule has 2 N–H and O–H groups in total. The smallest absolute Gasteiger partial charge is 0.220 e. The molecule has 0 aromatic rings. The van der Waals surface area contributed by atoms with Crippen LogP contribution in [0.5, 0.6) is 0 Å². The first-order valence-corrected chi connectivity index (χ1v) is 12.4. The van der Waals surface area contributed by atoms with Gasteiger partial charge in [-0.25, -0.2) is 0 Å². The molecule has 0 spiro atoms. The third kappa shape index (κ3) is 7.76. The van der Waals surface area contributed by atoms with Gasteiger partial charge in [0, 0.05) is 31.5 Å². The van der Waals surface area contributed by atoms with Gasteiger partial charge in [0.05, 0.1) is 23.0 Å². The molecule has 4 atom stereocenters. The second-order valence-corrected chi connectivity index (χ2v) is 10.0. The second kappa shape index (κ2) is 13.4. The van der Waals surface area contributed by atoms with Crippen LogP contribution in [-0.4, -0.2) is 47.9 Å². The number of unbranched alkanes of at least 4 members (excludes halogenated alkanes) is 2. The number of carbonyl (C=O) groups is 3. The van der Waals surface area contributed by atoms with Crippen LogP contribution >= 0.6 is 11.6 Å². The highest BCUT2D eigenvalue weighted by Gasteiger charge is 2.58. The zero-order valence-corrected chi connectivity index (χ0v) is 21.8. The summed E-state index contributed by atoms with van der Waals surface area (Å²) in [5.41, 5.74) is -1.16. The van der Waals surface area contributed by atoms with Crippen LogP contribution < -0.4 is 5.32 Å². The van der Waals surface area contributed by atoms with Crippen molar-refractivity contribution in [3.05, 3.63) is 23.3 Å². The average molecular weight is 484 g/mol. The zero-order chi connectivity index (χ0) is 25.2. The first-order valence-electron chi connectivity index (χ1n) is 12.0. The molecule has 1 fully saturated rings. The topological polar surface area (TPSA) is 92.7 Å². The van der Waals surface area contributed by atoms with Crippen LogP contribution in [0.3, 0.4) is 0 Å². The fraction of sp³-hybridized carbons (Fsp3) is 0.731. The minimum absolute atomic E-state index is 0.0404. The molecule has 0 radical (unpaired) electrons. The fourth-order valence-corrected chi connectivity index (χ4v) is 4.58. The number of methoxy groups -OCH3 is 1. The van der Waals surface area contributed by atoms with E-state index < -0.39 is 22.9 Å². The van der Waals surface area contributed by atoms with E-state index in [9.17, 15) is 19.5 Å². The van der Waals surface area contributed by atoms with E-state index in [4.69, 9.17) is 16.3 Å². The first-order chi connectivity index (χ1) is 15.4. The van der Waals surface area contributed by atoms with Gasteiger partial charge in [-0.2, -0.15) is 0 Å². The molecule has 7 heteroatoms. The van der Waals surface area contributed by atoms with Crippen molar-refractivity contribution in [2.75, 3.05) is 13.7 Å². The summed E-state index contributed by atoms with van der Waals surface area (Å²) in [6.07, 6.45) is 10.5. The van der Waals surface area contributed by atoms with Gasteiger partial charge in [0.2, 0.25) is 5.91 Å².